The Balaban J connectivity index is 2.23. The first-order valence-electron chi connectivity index (χ1n) is 5.17. The molecule has 3 rings (SSSR count). The molecule has 3 aromatic rings. The molecule has 84 valence electrons. The highest BCUT2D eigenvalue weighted by Crippen LogP contribution is 2.27. The maximum atomic E-state index is 13.2. The number of rotatable bonds is 1. The number of benzene rings is 2. The van der Waals surface area contributed by atoms with Gasteiger partial charge in [-0.1, -0.05) is 0 Å². The Bertz CT molecular complexity index is 673. The fraction of sp³-hybridized carbons (Fsp3) is 0. The second-order valence-corrected chi connectivity index (χ2v) is 3.81. The third-order valence-electron chi connectivity index (χ3n) is 2.67. The Morgan fingerprint density at radius 2 is 1.82 bits per heavy atom. The van der Waals surface area contributed by atoms with E-state index in [1.165, 1.54) is 12.1 Å². The second-order valence-electron chi connectivity index (χ2n) is 3.81. The van der Waals surface area contributed by atoms with Gasteiger partial charge in [0, 0.05) is 10.9 Å². The number of aromatic amines is 1. The van der Waals surface area contributed by atoms with E-state index in [-0.39, 0.29) is 11.6 Å². The zero-order valence-electron chi connectivity index (χ0n) is 8.81. The molecule has 0 saturated carbocycles. The summed E-state index contributed by atoms with van der Waals surface area (Å²) in [6.45, 7) is 0. The van der Waals surface area contributed by atoms with Crippen LogP contribution in [0.15, 0.2) is 42.5 Å². The van der Waals surface area contributed by atoms with Crippen molar-refractivity contribution in [2.24, 2.45) is 0 Å². The largest absolute Gasteiger partial charge is 0.508 e. The van der Waals surface area contributed by atoms with Crippen LogP contribution in [0, 0.1) is 5.82 Å². The molecule has 0 aliphatic heterocycles. The highest BCUT2D eigenvalue weighted by atomic mass is 19.1. The van der Waals surface area contributed by atoms with Crippen LogP contribution < -0.4 is 0 Å². The summed E-state index contributed by atoms with van der Waals surface area (Å²) >= 11 is 0. The lowest BCUT2D eigenvalue weighted by molar-refractivity contribution is 0.475. The van der Waals surface area contributed by atoms with Gasteiger partial charge in [-0.3, -0.25) is 5.10 Å². The minimum atomic E-state index is -0.293. The Hall–Kier alpha value is -2.36. The first-order valence-corrected chi connectivity index (χ1v) is 5.17. The third kappa shape index (κ3) is 1.63. The molecule has 0 saturated heterocycles. The van der Waals surface area contributed by atoms with Crippen molar-refractivity contribution >= 4 is 10.9 Å². The van der Waals surface area contributed by atoms with Gasteiger partial charge in [0.1, 0.15) is 17.3 Å². The highest BCUT2D eigenvalue weighted by Gasteiger charge is 2.08. The van der Waals surface area contributed by atoms with Crippen LogP contribution >= 0.6 is 0 Å². The third-order valence-corrected chi connectivity index (χ3v) is 2.67. The predicted molar refractivity (Wildman–Crippen MR) is 63.2 cm³/mol. The van der Waals surface area contributed by atoms with Crippen molar-refractivity contribution in [3.05, 3.63) is 48.3 Å². The number of hydrogen-bond donors (Lipinski definition) is 2. The van der Waals surface area contributed by atoms with Crippen molar-refractivity contribution in [1.29, 1.82) is 0 Å². The van der Waals surface area contributed by atoms with Crippen molar-refractivity contribution in [3.63, 3.8) is 0 Å². The van der Waals surface area contributed by atoms with Gasteiger partial charge in [0.2, 0.25) is 0 Å². The Kier molecular flexibility index (Phi) is 2.08. The van der Waals surface area contributed by atoms with E-state index in [1.54, 1.807) is 30.3 Å². The molecule has 2 N–H and O–H groups in total. The number of aromatic hydroxyl groups is 1. The summed E-state index contributed by atoms with van der Waals surface area (Å²) in [6, 6.07) is 11.1. The van der Waals surface area contributed by atoms with Gasteiger partial charge >= 0.3 is 0 Å². The maximum absolute atomic E-state index is 13.2. The van der Waals surface area contributed by atoms with Crippen LogP contribution in [0.4, 0.5) is 4.39 Å². The van der Waals surface area contributed by atoms with Gasteiger partial charge in [0.15, 0.2) is 0 Å². The molecule has 2 aromatic carbocycles. The first-order chi connectivity index (χ1) is 8.24. The molecule has 0 aliphatic rings. The Labute approximate surface area is 96.5 Å². The minimum absolute atomic E-state index is 0.194. The number of fused-ring (bicyclic) bond motifs is 1. The molecule has 17 heavy (non-hydrogen) atoms. The Morgan fingerprint density at radius 1 is 1.06 bits per heavy atom. The van der Waals surface area contributed by atoms with Crippen molar-refractivity contribution in [2.45, 2.75) is 0 Å². The van der Waals surface area contributed by atoms with Crippen molar-refractivity contribution in [3.8, 4) is 17.0 Å². The number of nitrogens with zero attached hydrogens (tertiary/aromatic N) is 1. The van der Waals surface area contributed by atoms with E-state index in [4.69, 9.17) is 0 Å². The SMILES string of the molecule is Oc1ccc(-c2n[nH]c3ccc(F)cc23)cc1. The number of H-pyrrole nitrogens is 1. The van der Waals surface area contributed by atoms with Crippen LogP contribution in [0.2, 0.25) is 0 Å². The smallest absolute Gasteiger partial charge is 0.124 e. The normalized spacial score (nSPS) is 10.9. The van der Waals surface area contributed by atoms with E-state index < -0.39 is 0 Å². The van der Waals surface area contributed by atoms with Crippen molar-refractivity contribution < 1.29 is 9.50 Å². The minimum Gasteiger partial charge on any atom is -0.508 e. The molecule has 1 aromatic heterocycles. The van der Waals surface area contributed by atoms with Crippen molar-refractivity contribution in [2.75, 3.05) is 0 Å². The van der Waals surface area contributed by atoms with E-state index >= 15 is 0 Å². The standard InChI is InChI=1S/C13H9FN2O/c14-9-3-6-12-11(7-9)13(16-15-12)8-1-4-10(17)5-2-8/h1-7,17H,(H,15,16). The fourth-order valence-electron chi connectivity index (χ4n) is 1.83. The lowest BCUT2D eigenvalue weighted by atomic mass is 10.1. The van der Waals surface area contributed by atoms with Crippen molar-refractivity contribution in [1.82, 2.24) is 10.2 Å². The van der Waals surface area contributed by atoms with Crippen LogP contribution in [0.5, 0.6) is 5.75 Å². The lowest BCUT2D eigenvalue weighted by Gasteiger charge is -1.98. The molecule has 0 unspecified atom stereocenters. The number of phenolic OH excluding ortho intramolecular Hbond substituents is 1. The van der Waals surface area contributed by atoms with Gasteiger partial charge in [-0.25, -0.2) is 4.39 Å². The molecule has 0 bridgehead atoms. The number of phenols is 1. The Morgan fingerprint density at radius 3 is 2.59 bits per heavy atom. The van der Waals surface area contributed by atoms with Crippen LogP contribution in [-0.2, 0) is 0 Å². The molecule has 0 atom stereocenters. The quantitative estimate of drug-likeness (QED) is 0.672. The summed E-state index contributed by atoms with van der Waals surface area (Å²) in [5, 5.41) is 17.0. The van der Waals surface area contributed by atoms with Gasteiger partial charge in [-0.15, -0.1) is 0 Å². The monoisotopic (exact) mass is 228 g/mol. The van der Waals surface area contributed by atoms with E-state index in [0.29, 0.717) is 5.69 Å². The van der Waals surface area contributed by atoms with E-state index in [2.05, 4.69) is 10.2 Å². The zero-order chi connectivity index (χ0) is 11.8. The maximum Gasteiger partial charge on any atom is 0.124 e. The van der Waals surface area contributed by atoms with Crippen LogP contribution in [0.3, 0.4) is 0 Å². The van der Waals surface area contributed by atoms with Gasteiger partial charge < -0.3 is 5.11 Å². The first kappa shape index (κ1) is 9.84. The molecule has 0 spiro atoms. The molecule has 0 radical (unpaired) electrons. The molecular weight excluding hydrogens is 219 g/mol. The molecule has 0 amide bonds. The zero-order valence-corrected chi connectivity index (χ0v) is 8.81. The molecule has 4 heteroatoms. The van der Waals surface area contributed by atoms with Gasteiger partial charge in [0.05, 0.1) is 5.52 Å². The average Bonchev–Trinajstić information content (AvgIpc) is 2.73. The van der Waals surface area contributed by atoms with E-state index in [0.717, 1.165) is 16.5 Å². The summed E-state index contributed by atoms with van der Waals surface area (Å²) in [5.41, 5.74) is 2.30. The van der Waals surface area contributed by atoms with Gasteiger partial charge in [-0.2, -0.15) is 5.10 Å². The highest BCUT2D eigenvalue weighted by molar-refractivity contribution is 5.92. The number of aromatic nitrogens is 2. The lowest BCUT2D eigenvalue weighted by Crippen LogP contribution is -1.79. The number of nitrogens with one attached hydrogen (secondary N) is 1. The van der Waals surface area contributed by atoms with Gasteiger partial charge in [-0.05, 0) is 42.5 Å². The summed E-state index contributed by atoms with van der Waals surface area (Å²) < 4.78 is 13.2. The molecule has 0 fully saturated rings. The fourth-order valence-corrected chi connectivity index (χ4v) is 1.83. The predicted octanol–water partition coefficient (Wildman–Crippen LogP) is 3.07. The average molecular weight is 228 g/mol. The summed E-state index contributed by atoms with van der Waals surface area (Å²) in [4.78, 5) is 0. The van der Waals surface area contributed by atoms with E-state index in [1.807, 2.05) is 0 Å². The summed E-state index contributed by atoms with van der Waals surface area (Å²) in [7, 11) is 0. The molecular formula is C13H9FN2O. The van der Waals surface area contributed by atoms with Crippen LogP contribution in [0.1, 0.15) is 0 Å². The van der Waals surface area contributed by atoms with Crippen LogP contribution in [0.25, 0.3) is 22.2 Å². The number of halogens is 1. The topological polar surface area (TPSA) is 48.9 Å². The molecule has 1 heterocycles. The summed E-state index contributed by atoms with van der Waals surface area (Å²) in [5.74, 6) is -0.0984. The van der Waals surface area contributed by atoms with E-state index in [9.17, 15) is 9.50 Å². The van der Waals surface area contributed by atoms with Gasteiger partial charge in [0.25, 0.3) is 0 Å². The summed E-state index contributed by atoms with van der Waals surface area (Å²) in [6.07, 6.45) is 0. The van der Waals surface area contributed by atoms with Crippen LogP contribution in [-0.4, -0.2) is 15.3 Å². The number of hydrogen-bond acceptors (Lipinski definition) is 2. The molecule has 3 nitrogen and oxygen atoms in total. The molecule has 0 aliphatic carbocycles. The second kappa shape index (κ2) is 3.59.